The number of anilines is 1. The van der Waals surface area contributed by atoms with Crippen LogP contribution in [0.1, 0.15) is 0 Å². The van der Waals surface area contributed by atoms with Crippen LogP contribution in [-0.2, 0) is 0 Å². The van der Waals surface area contributed by atoms with E-state index in [1.807, 2.05) is 0 Å². The summed E-state index contributed by atoms with van der Waals surface area (Å²) in [5.41, 5.74) is -0.0666. The van der Waals surface area contributed by atoms with Crippen LogP contribution < -0.4 is 21.1 Å². The van der Waals surface area contributed by atoms with Crippen molar-refractivity contribution in [2.75, 3.05) is 12.6 Å². The van der Waals surface area contributed by atoms with E-state index in [4.69, 9.17) is 5.21 Å². The summed E-state index contributed by atoms with van der Waals surface area (Å²) in [6.07, 6.45) is 0. The smallest absolute Gasteiger partial charge is 0.272 e. The van der Waals surface area contributed by atoms with Gasteiger partial charge in [-0.05, 0) is 0 Å². The molecule has 0 unspecified atom stereocenters. The van der Waals surface area contributed by atoms with Crippen LogP contribution in [0.25, 0.3) is 0 Å². The summed E-state index contributed by atoms with van der Waals surface area (Å²) < 4.78 is 4.46. The Morgan fingerprint density at radius 2 is 2.00 bits per heavy atom. The molecule has 1 rings (SSSR count). The first kappa shape index (κ1) is 6.76. The van der Waals surface area contributed by atoms with Crippen molar-refractivity contribution in [3.63, 3.8) is 0 Å². The lowest BCUT2D eigenvalue weighted by atomic mass is 10.2. The molecular weight excluding hydrogens is 138 g/mol. The number of rotatable bonds is 2. The van der Waals surface area contributed by atoms with Gasteiger partial charge in [-0.2, -0.15) is 0 Å². The topological polar surface area (TPSA) is 75.6 Å². The second-order valence-corrected chi connectivity index (χ2v) is 1.68. The molecule has 0 spiro atoms. The van der Waals surface area contributed by atoms with Crippen LogP contribution in [0.2, 0.25) is 0 Å². The average molecular weight is 143 g/mol. The molecule has 0 aliphatic rings. The highest BCUT2D eigenvalue weighted by Gasteiger charge is 2.20. The molecule has 0 aliphatic heterocycles. The summed E-state index contributed by atoms with van der Waals surface area (Å²) in [6, 6.07) is 0. The van der Waals surface area contributed by atoms with Gasteiger partial charge in [-0.1, -0.05) is 0 Å². The molecule has 1 aromatic rings. The van der Waals surface area contributed by atoms with E-state index >= 15 is 0 Å². The minimum absolute atomic E-state index is 0.118. The largest absolute Gasteiger partial charge is 0.490 e. The first-order valence-electron chi connectivity index (χ1n) is 2.49. The molecule has 5 nitrogen and oxygen atoms in total. The normalized spacial score (nSPS) is 9.80. The van der Waals surface area contributed by atoms with Crippen LogP contribution in [-0.4, -0.2) is 12.3 Å². The molecule has 0 bridgehead atoms. The van der Waals surface area contributed by atoms with Gasteiger partial charge in [-0.15, -0.1) is 0 Å². The third-order valence-corrected chi connectivity index (χ3v) is 1.18. The predicted molar refractivity (Wildman–Crippen MR) is 33.3 cm³/mol. The lowest BCUT2D eigenvalue weighted by Gasteiger charge is -2.05. The Hall–Kier alpha value is -1.36. The van der Waals surface area contributed by atoms with Gasteiger partial charge in [-0.25, -0.2) is 0 Å². The van der Waals surface area contributed by atoms with Crippen LogP contribution in [0, 0.1) is 0 Å². The molecule has 0 atom stereocenters. The van der Waals surface area contributed by atoms with E-state index in [0.29, 0.717) is 0 Å². The van der Waals surface area contributed by atoms with Crippen LogP contribution in [0.3, 0.4) is 0 Å². The van der Waals surface area contributed by atoms with Crippen molar-refractivity contribution in [3.05, 3.63) is 20.4 Å². The Bertz CT molecular complexity index is 277. The fourth-order valence-corrected chi connectivity index (χ4v) is 0.667. The van der Waals surface area contributed by atoms with Crippen LogP contribution in [0.4, 0.5) is 5.69 Å². The number of ether oxygens (including phenoxy) is 1. The van der Waals surface area contributed by atoms with Gasteiger partial charge in [0.25, 0.3) is 10.9 Å². The van der Waals surface area contributed by atoms with Crippen molar-refractivity contribution >= 4 is 5.69 Å². The van der Waals surface area contributed by atoms with Gasteiger partial charge >= 0.3 is 0 Å². The van der Waals surface area contributed by atoms with Crippen LogP contribution >= 0.6 is 0 Å². The fourth-order valence-electron chi connectivity index (χ4n) is 0.667. The molecule has 10 heavy (non-hydrogen) atoms. The van der Waals surface area contributed by atoms with Gasteiger partial charge in [0.1, 0.15) is 0 Å². The molecule has 2 N–H and O–H groups in total. The summed E-state index contributed by atoms with van der Waals surface area (Å²) in [5.74, 6) is -0.118. The van der Waals surface area contributed by atoms with Crippen molar-refractivity contribution in [2.45, 2.75) is 0 Å². The van der Waals surface area contributed by atoms with Crippen molar-refractivity contribution in [3.8, 4) is 5.75 Å². The van der Waals surface area contributed by atoms with E-state index in [9.17, 15) is 9.59 Å². The van der Waals surface area contributed by atoms with Gasteiger partial charge in [0.2, 0.25) is 0 Å². The van der Waals surface area contributed by atoms with Crippen molar-refractivity contribution in [1.82, 2.24) is 0 Å². The first-order valence-corrected chi connectivity index (χ1v) is 2.49. The molecule has 0 fully saturated rings. The Labute approximate surface area is 55.5 Å². The fraction of sp³-hybridized carbons (Fsp3) is 0.200. The molecule has 0 amide bonds. The second kappa shape index (κ2) is 2.11. The van der Waals surface area contributed by atoms with Gasteiger partial charge in [0, 0.05) is 0 Å². The Morgan fingerprint density at radius 1 is 1.40 bits per heavy atom. The van der Waals surface area contributed by atoms with Gasteiger partial charge in [0.05, 0.1) is 7.11 Å². The zero-order chi connectivity index (χ0) is 7.72. The lowest BCUT2D eigenvalue weighted by molar-refractivity contribution is 0.366. The first-order chi connectivity index (χ1) is 4.72. The molecule has 0 saturated carbocycles. The summed E-state index contributed by atoms with van der Waals surface area (Å²) in [4.78, 5) is 20.9. The van der Waals surface area contributed by atoms with E-state index in [2.05, 4.69) is 4.74 Å². The van der Waals surface area contributed by atoms with Crippen molar-refractivity contribution < 1.29 is 9.94 Å². The van der Waals surface area contributed by atoms with E-state index in [1.54, 1.807) is 5.48 Å². The van der Waals surface area contributed by atoms with Gasteiger partial charge < -0.3 is 4.74 Å². The number of hydrogen-bond acceptors (Lipinski definition) is 5. The minimum atomic E-state index is -0.751. The Morgan fingerprint density at radius 3 is 2.30 bits per heavy atom. The molecule has 0 aliphatic carbocycles. The van der Waals surface area contributed by atoms with Gasteiger partial charge in [0.15, 0.2) is 11.4 Å². The third kappa shape index (κ3) is 0.608. The number of hydrogen-bond donors (Lipinski definition) is 2. The summed E-state index contributed by atoms with van der Waals surface area (Å²) in [5, 5.41) is 8.21. The molecule has 0 radical (unpaired) electrons. The van der Waals surface area contributed by atoms with E-state index in [1.165, 1.54) is 7.11 Å². The maximum absolute atomic E-state index is 10.5. The molecular formula is C5H5NO4. The van der Waals surface area contributed by atoms with Crippen LogP contribution in [0.5, 0.6) is 5.75 Å². The van der Waals surface area contributed by atoms with E-state index in [-0.39, 0.29) is 11.4 Å². The maximum Gasteiger partial charge on any atom is 0.272 e. The maximum atomic E-state index is 10.5. The van der Waals surface area contributed by atoms with Crippen molar-refractivity contribution in [2.24, 2.45) is 0 Å². The third-order valence-electron chi connectivity index (χ3n) is 1.18. The standard InChI is InChI=1S/C5H5NO4/c1-10-5-2(6-9)3(7)4(5)8/h6,9H,1H3. The number of methoxy groups -OCH3 is 1. The number of nitrogens with one attached hydrogen (secondary N) is 1. The molecule has 5 heteroatoms. The summed E-state index contributed by atoms with van der Waals surface area (Å²) in [6.45, 7) is 0. The highest BCUT2D eigenvalue weighted by atomic mass is 16.5. The lowest BCUT2D eigenvalue weighted by Crippen LogP contribution is -2.34. The zero-order valence-corrected chi connectivity index (χ0v) is 5.17. The predicted octanol–water partition coefficient (Wildman–Crippen LogP) is -0.908. The molecule has 0 aromatic heterocycles. The quantitative estimate of drug-likeness (QED) is 0.414. The minimum Gasteiger partial charge on any atom is -0.490 e. The molecule has 0 saturated heterocycles. The summed E-state index contributed by atoms with van der Waals surface area (Å²) >= 11 is 0. The molecule has 1 aromatic carbocycles. The Balaban J connectivity index is 3.16. The highest BCUT2D eigenvalue weighted by molar-refractivity contribution is 5.60. The monoisotopic (exact) mass is 143 g/mol. The molecule has 0 heterocycles. The summed E-state index contributed by atoms with van der Waals surface area (Å²) in [7, 11) is 1.25. The average Bonchev–Trinajstić information content (AvgIpc) is 1.97. The SMILES string of the molecule is COc1c(NO)c(=O)c1=O. The zero-order valence-electron chi connectivity index (χ0n) is 5.17. The van der Waals surface area contributed by atoms with Gasteiger partial charge in [-0.3, -0.25) is 20.3 Å². The van der Waals surface area contributed by atoms with Crippen molar-refractivity contribution in [1.29, 1.82) is 0 Å². The Kier molecular flexibility index (Phi) is 1.42. The highest BCUT2D eigenvalue weighted by Crippen LogP contribution is 2.14. The van der Waals surface area contributed by atoms with Crippen LogP contribution in [0.15, 0.2) is 9.59 Å². The van der Waals surface area contributed by atoms with E-state index < -0.39 is 10.9 Å². The second-order valence-electron chi connectivity index (χ2n) is 1.68. The van der Waals surface area contributed by atoms with E-state index in [0.717, 1.165) is 0 Å². The molecule has 54 valence electrons.